The Bertz CT molecular complexity index is 400. The molecule has 4 nitrogen and oxygen atoms in total. The van der Waals surface area contributed by atoms with Crippen LogP contribution in [0.2, 0.25) is 0 Å². The maximum Gasteiger partial charge on any atom is 0.351 e. The molecule has 0 radical (unpaired) electrons. The second-order valence-corrected chi connectivity index (χ2v) is 2.92. The van der Waals surface area contributed by atoms with Crippen molar-refractivity contribution in [3.8, 4) is 0 Å². The Morgan fingerprint density at radius 2 is 2.15 bits per heavy atom. The molecule has 0 saturated heterocycles. The molecule has 1 aromatic carbocycles. The highest BCUT2D eigenvalue weighted by Gasteiger charge is 2.39. The fraction of sp³-hybridized carbons (Fsp3) is 0.111. The summed E-state index contributed by atoms with van der Waals surface area (Å²) >= 11 is 0. The van der Waals surface area contributed by atoms with Crippen LogP contribution in [-0.2, 0) is 10.5 Å². The monoisotopic (exact) mass is 176 g/mol. The Labute approximate surface area is 74.7 Å². The molecule has 66 valence electrons. The maximum atomic E-state index is 10.8. The summed E-state index contributed by atoms with van der Waals surface area (Å²) in [6.45, 7) is 0. The van der Waals surface area contributed by atoms with Crippen LogP contribution in [0.4, 0.5) is 0 Å². The lowest BCUT2D eigenvalue weighted by Crippen LogP contribution is -2.41. The zero-order valence-corrected chi connectivity index (χ0v) is 6.77. The molecule has 1 heterocycles. The van der Waals surface area contributed by atoms with Crippen LogP contribution in [0.1, 0.15) is 11.1 Å². The normalized spacial score (nSPS) is 24.4. The average molecular weight is 176 g/mol. The highest BCUT2D eigenvalue weighted by atomic mass is 16.4. The molecule has 0 aromatic heterocycles. The van der Waals surface area contributed by atoms with Gasteiger partial charge in [-0.05, 0) is 5.56 Å². The van der Waals surface area contributed by atoms with Gasteiger partial charge in [0, 0.05) is 11.8 Å². The third-order valence-electron chi connectivity index (χ3n) is 2.10. The summed E-state index contributed by atoms with van der Waals surface area (Å²) in [7, 11) is 0. The van der Waals surface area contributed by atoms with Gasteiger partial charge in [0.1, 0.15) is 0 Å². The number of nitrogens with two attached hydrogens (primary N) is 1. The molecule has 0 bridgehead atoms. The third kappa shape index (κ3) is 0.957. The minimum Gasteiger partial charge on any atom is -0.478 e. The molecule has 0 saturated carbocycles. The highest BCUT2D eigenvalue weighted by molar-refractivity contribution is 5.94. The predicted octanol–water partition coefficient (Wildman–Crippen LogP) is 0.315. The van der Waals surface area contributed by atoms with E-state index in [2.05, 4.69) is 4.99 Å². The number of carboxylic acid groups (broad SMARTS) is 1. The van der Waals surface area contributed by atoms with Gasteiger partial charge in [0.15, 0.2) is 0 Å². The second-order valence-electron chi connectivity index (χ2n) is 2.92. The van der Waals surface area contributed by atoms with Gasteiger partial charge in [-0.1, -0.05) is 24.3 Å². The first-order valence-corrected chi connectivity index (χ1v) is 3.81. The molecule has 1 unspecified atom stereocenters. The zero-order valence-electron chi connectivity index (χ0n) is 6.77. The molecule has 1 aliphatic heterocycles. The van der Waals surface area contributed by atoms with Gasteiger partial charge in [-0.2, -0.15) is 0 Å². The van der Waals surface area contributed by atoms with Gasteiger partial charge < -0.3 is 5.11 Å². The number of carboxylic acids is 1. The van der Waals surface area contributed by atoms with E-state index in [0.29, 0.717) is 5.56 Å². The number of rotatable bonds is 1. The number of aliphatic carboxylic acids is 1. The number of hydrogen-bond acceptors (Lipinski definition) is 3. The van der Waals surface area contributed by atoms with Gasteiger partial charge in [-0.25, -0.2) is 4.79 Å². The van der Waals surface area contributed by atoms with Crippen molar-refractivity contribution in [3.05, 3.63) is 35.4 Å². The van der Waals surface area contributed by atoms with E-state index in [-0.39, 0.29) is 0 Å². The zero-order chi connectivity index (χ0) is 9.47. The van der Waals surface area contributed by atoms with Crippen molar-refractivity contribution in [2.45, 2.75) is 5.66 Å². The summed E-state index contributed by atoms with van der Waals surface area (Å²) in [6.07, 6.45) is 1.49. The van der Waals surface area contributed by atoms with Gasteiger partial charge in [-0.3, -0.25) is 10.7 Å². The van der Waals surface area contributed by atoms with E-state index < -0.39 is 11.6 Å². The lowest BCUT2D eigenvalue weighted by molar-refractivity contribution is -0.143. The van der Waals surface area contributed by atoms with E-state index >= 15 is 0 Å². The first kappa shape index (κ1) is 7.94. The summed E-state index contributed by atoms with van der Waals surface area (Å²) < 4.78 is 0. The van der Waals surface area contributed by atoms with Crippen LogP contribution in [-0.4, -0.2) is 17.3 Å². The Hall–Kier alpha value is -1.68. The number of fused-ring (bicyclic) bond motifs is 1. The predicted molar refractivity (Wildman–Crippen MR) is 47.5 cm³/mol. The molecular weight excluding hydrogens is 168 g/mol. The largest absolute Gasteiger partial charge is 0.478 e. The SMILES string of the molecule is NC1(C(=O)O)N=Cc2ccccc21. The minimum absolute atomic E-state index is 0.544. The van der Waals surface area contributed by atoms with Crippen molar-refractivity contribution in [1.29, 1.82) is 0 Å². The van der Waals surface area contributed by atoms with Crippen molar-refractivity contribution in [1.82, 2.24) is 0 Å². The van der Waals surface area contributed by atoms with Crippen LogP contribution in [0.15, 0.2) is 29.3 Å². The maximum absolute atomic E-state index is 10.8. The summed E-state index contributed by atoms with van der Waals surface area (Å²) in [5, 5.41) is 8.88. The van der Waals surface area contributed by atoms with Crippen molar-refractivity contribution < 1.29 is 9.90 Å². The van der Waals surface area contributed by atoms with Gasteiger partial charge in [0.25, 0.3) is 0 Å². The molecule has 13 heavy (non-hydrogen) atoms. The van der Waals surface area contributed by atoms with Crippen molar-refractivity contribution >= 4 is 12.2 Å². The quantitative estimate of drug-likeness (QED) is 0.646. The highest BCUT2D eigenvalue weighted by Crippen LogP contribution is 2.27. The number of benzene rings is 1. The van der Waals surface area contributed by atoms with E-state index in [4.69, 9.17) is 10.8 Å². The smallest absolute Gasteiger partial charge is 0.351 e. The van der Waals surface area contributed by atoms with Crippen LogP contribution in [0, 0.1) is 0 Å². The average Bonchev–Trinajstić information content (AvgIpc) is 2.47. The van der Waals surface area contributed by atoms with Crippen molar-refractivity contribution in [2.24, 2.45) is 10.7 Å². The van der Waals surface area contributed by atoms with E-state index in [0.717, 1.165) is 5.56 Å². The number of nitrogens with zero attached hydrogens (tertiary/aromatic N) is 1. The first-order chi connectivity index (χ1) is 6.14. The lowest BCUT2D eigenvalue weighted by Gasteiger charge is -2.16. The molecule has 0 fully saturated rings. The van der Waals surface area contributed by atoms with Crippen LogP contribution in [0.5, 0.6) is 0 Å². The molecule has 0 spiro atoms. The minimum atomic E-state index is -1.59. The van der Waals surface area contributed by atoms with Crippen LogP contribution < -0.4 is 5.73 Å². The molecule has 1 aliphatic rings. The fourth-order valence-electron chi connectivity index (χ4n) is 1.37. The molecule has 0 aliphatic carbocycles. The summed E-state index contributed by atoms with van der Waals surface area (Å²) in [5.41, 5.74) is 5.34. The van der Waals surface area contributed by atoms with Gasteiger partial charge in [0.2, 0.25) is 5.66 Å². The molecular formula is C9H8N2O2. The molecule has 1 atom stereocenters. The topological polar surface area (TPSA) is 75.7 Å². The van der Waals surface area contributed by atoms with E-state index in [1.54, 1.807) is 18.2 Å². The molecule has 2 rings (SSSR count). The molecule has 4 heteroatoms. The Balaban J connectivity index is 2.61. The van der Waals surface area contributed by atoms with E-state index in [1.807, 2.05) is 6.07 Å². The number of carbonyl (C=O) groups is 1. The number of aliphatic imine (C=N–C) groups is 1. The van der Waals surface area contributed by atoms with Gasteiger partial charge in [-0.15, -0.1) is 0 Å². The lowest BCUT2D eigenvalue weighted by atomic mass is 9.99. The second kappa shape index (κ2) is 2.40. The Morgan fingerprint density at radius 1 is 1.46 bits per heavy atom. The van der Waals surface area contributed by atoms with E-state index in [1.165, 1.54) is 6.21 Å². The van der Waals surface area contributed by atoms with Crippen molar-refractivity contribution in [3.63, 3.8) is 0 Å². The molecule has 1 aromatic rings. The Morgan fingerprint density at radius 3 is 2.85 bits per heavy atom. The van der Waals surface area contributed by atoms with Crippen LogP contribution >= 0.6 is 0 Å². The standard InChI is InChI=1S/C9H8N2O2/c10-9(8(12)13)7-4-2-1-3-6(7)5-11-9/h1-5H,10H2,(H,12,13). The van der Waals surface area contributed by atoms with Gasteiger partial charge in [0.05, 0.1) is 0 Å². The number of hydrogen-bond donors (Lipinski definition) is 2. The molecule has 0 amide bonds. The van der Waals surface area contributed by atoms with Gasteiger partial charge >= 0.3 is 5.97 Å². The fourth-order valence-corrected chi connectivity index (χ4v) is 1.37. The molecule has 3 N–H and O–H groups in total. The third-order valence-corrected chi connectivity index (χ3v) is 2.10. The summed E-state index contributed by atoms with van der Waals surface area (Å²) in [5.74, 6) is -1.13. The summed E-state index contributed by atoms with van der Waals surface area (Å²) in [6, 6.07) is 7.03. The Kier molecular flexibility index (Phi) is 1.47. The summed E-state index contributed by atoms with van der Waals surface area (Å²) in [4.78, 5) is 14.6. The first-order valence-electron chi connectivity index (χ1n) is 3.81. The van der Waals surface area contributed by atoms with Crippen LogP contribution in [0.25, 0.3) is 0 Å². The van der Waals surface area contributed by atoms with Crippen LogP contribution in [0.3, 0.4) is 0 Å². The van der Waals surface area contributed by atoms with Crippen molar-refractivity contribution in [2.75, 3.05) is 0 Å². The van der Waals surface area contributed by atoms with E-state index in [9.17, 15) is 4.79 Å².